The largest absolute Gasteiger partial charge is 0.366 e. The fourth-order valence-corrected chi connectivity index (χ4v) is 1.46. The highest BCUT2D eigenvalue weighted by Crippen LogP contribution is 2.11. The van der Waals surface area contributed by atoms with Gasteiger partial charge in [-0.25, -0.2) is 13.6 Å². The molecule has 2 aromatic rings. The Kier molecular flexibility index (Phi) is 3.52. The van der Waals surface area contributed by atoms with Gasteiger partial charge < -0.3 is 5.32 Å². The summed E-state index contributed by atoms with van der Waals surface area (Å²) in [5.41, 5.74) is -0.412. The van der Waals surface area contributed by atoms with Crippen molar-refractivity contribution < 1.29 is 8.78 Å². The molecule has 0 aliphatic carbocycles. The molecule has 2 rings (SSSR count). The molecule has 0 atom stereocenters. The van der Waals surface area contributed by atoms with Gasteiger partial charge in [-0.1, -0.05) is 6.07 Å². The van der Waals surface area contributed by atoms with Crippen LogP contribution in [0.5, 0.6) is 0 Å². The molecule has 0 fully saturated rings. The van der Waals surface area contributed by atoms with Crippen molar-refractivity contribution in [1.82, 2.24) is 9.97 Å². The number of hydrogen-bond acceptors (Lipinski definition) is 4. The molecule has 0 aliphatic rings. The molecular formula is C12H8F2N4O. The second-order valence-electron chi connectivity index (χ2n) is 3.69. The van der Waals surface area contributed by atoms with E-state index in [1.165, 1.54) is 12.1 Å². The van der Waals surface area contributed by atoms with Crippen LogP contribution < -0.4 is 11.0 Å². The van der Waals surface area contributed by atoms with Gasteiger partial charge in [-0.3, -0.25) is 4.98 Å². The molecule has 1 aromatic carbocycles. The third-order valence-corrected chi connectivity index (χ3v) is 2.34. The molecule has 0 radical (unpaired) electrons. The van der Waals surface area contributed by atoms with Crippen LogP contribution in [0.2, 0.25) is 0 Å². The Morgan fingerprint density at radius 1 is 1.37 bits per heavy atom. The Labute approximate surface area is 106 Å². The molecule has 0 saturated heterocycles. The van der Waals surface area contributed by atoms with E-state index in [2.05, 4.69) is 15.3 Å². The molecule has 2 N–H and O–H groups in total. The van der Waals surface area contributed by atoms with E-state index in [0.29, 0.717) is 0 Å². The third kappa shape index (κ3) is 3.13. The van der Waals surface area contributed by atoms with Crippen LogP contribution in [-0.2, 0) is 6.54 Å². The van der Waals surface area contributed by atoms with Gasteiger partial charge in [0.2, 0.25) is 0 Å². The topological polar surface area (TPSA) is 81.6 Å². The molecule has 7 heteroatoms. The number of anilines is 1. The SMILES string of the molecule is N#Cc1cc(NCc2ccc(F)cc2F)nc(=O)[nH]1. The van der Waals surface area contributed by atoms with E-state index in [4.69, 9.17) is 5.26 Å². The lowest BCUT2D eigenvalue weighted by Crippen LogP contribution is -2.15. The average Bonchev–Trinajstić information content (AvgIpc) is 2.37. The van der Waals surface area contributed by atoms with Crippen LogP contribution in [0, 0.1) is 23.0 Å². The van der Waals surface area contributed by atoms with Crippen molar-refractivity contribution in [3.63, 3.8) is 0 Å². The second kappa shape index (κ2) is 5.27. The number of aromatic amines is 1. The standard InChI is InChI=1S/C12H8F2N4O/c13-8-2-1-7(10(14)3-8)6-16-11-4-9(5-15)17-12(19)18-11/h1-4H,6H2,(H2,16,17,18,19). The zero-order valence-corrected chi connectivity index (χ0v) is 9.58. The minimum atomic E-state index is -0.696. The Morgan fingerprint density at radius 3 is 2.84 bits per heavy atom. The molecule has 0 saturated carbocycles. The summed E-state index contributed by atoms with van der Waals surface area (Å²) < 4.78 is 26.1. The fraction of sp³-hybridized carbons (Fsp3) is 0.0833. The summed E-state index contributed by atoms with van der Waals surface area (Å²) in [5.74, 6) is -1.22. The predicted octanol–water partition coefficient (Wildman–Crippen LogP) is 1.53. The van der Waals surface area contributed by atoms with E-state index < -0.39 is 17.3 Å². The lowest BCUT2D eigenvalue weighted by molar-refractivity contribution is 0.574. The average molecular weight is 262 g/mol. The molecule has 1 aromatic heterocycles. The normalized spacial score (nSPS) is 9.95. The van der Waals surface area contributed by atoms with Gasteiger partial charge in [-0.05, 0) is 6.07 Å². The Balaban J connectivity index is 2.17. The number of aromatic nitrogens is 2. The minimum Gasteiger partial charge on any atom is -0.366 e. The van der Waals surface area contributed by atoms with E-state index in [1.807, 2.05) is 0 Å². The molecule has 0 spiro atoms. The highest BCUT2D eigenvalue weighted by atomic mass is 19.1. The summed E-state index contributed by atoms with van der Waals surface area (Å²) in [7, 11) is 0. The maximum absolute atomic E-state index is 13.4. The quantitative estimate of drug-likeness (QED) is 0.878. The van der Waals surface area contributed by atoms with Crippen molar-refractivity contribution in [1.29, 1.82) is 5.26 Å². The smallest absolute Gasteiger partial charge is 0.347 e. The van der Waals surface area contributed by atoms with Gasteiger partial charge in [0.1, 0.15) is 29.2 Å². The lowest BCUT2D eigenvalue weighted by Gasteiger charge is -2.06. The van der Waals surface area contributed by atoms with E-state index in [1.54, 1.807) is 6.07 Å². The van der Waals surface area contributed by atoms with Crippen LogP contribution in [0.25, 0.3) is 0 Å². The molecular weight excluding hydrogens is 254 g/mol. The number of nitrogens with zero attached hydrogens (tertiary/aromatic N) is 2. The van der Waals surface area contributed by atoms with Crippen molar-refractivity contribution in [2.75, 3.05) is 5.32 Å². The Hall–Kier alpha value is -2.75. The fourth-order valence-electron chi connectivity index (χ4n) is 1.46. The number of halogens is 2. The first kappa shape index (κ1) is 12.7. The molecule has 0 unspecified atom stereocenters. The number of hydrogen-bond donors (Lipinski definition) is 2. The van der Waals surface area contributed by atoms with Crippen LogP contribution in [0.4, 0.5) is 14.6 Å². The molecule has 1 heterocycles. The number of nitriles is 1. The van der Waals surface area contributed by atoms with Crippen molar-refractivity contribution in [2.45, 2.75) is 6.54 Å². The van der Waals surface area contributed by atoms with Gasteiger partial charge in [-0.2, -0.15) is 10.2 Å². The van der Waals surface area contributed by atoms with Gasteiger partial charge in [0, 0.05) is 24.2 Å². The minimum absolute atomic E-state index is 0.0213. The monoisotopic (exact) mass is 262 g/mol. The summed E-state index contributed by atoms with van der Waals surface area (Å²) in [4.78, 5) is 16.9. The molecule has 96 valence electrons. The van der Waals surface area contributed by atoms with Crippen molar-refractivity contribution >= 4 is 5.82 Å². The summed E-state index contributed by atoms with van der Waals surface area (Å²) in [6.07, 6.45) is 0. The van der Waals surface area contributed by atoms with Gasteiger partial charge in [0.05, 0.1) is 0 Å². The highest BCUT2D eigenvalue weighted by Gasteiger charge is 2.05. The maximum atomic E-state index is 13.4. The van der Waals surface area contributed by atoms with Crippen molar-refractivity contribution in [2.24, 2.45) is 0 Å². The van der Waals surface area contributed by atoms with Gasteiger partial charge in [0.15, 0.2) is 0 Å². The summed E-state index contributed by atoms with van der Waals surface area (Å²) in [6, 6.07) is 6.27. The first-order valence-electron chi connectivity index (χ1n) is 5.28. The van der Waals surface area contributed by atoms with Crippen LogP contribution >= 0.6 is 0 Å². The predicted molar refractivity (Wildman–Crippen MR) is 63.3 cm³/mol. The van der Waals surface area contributed by atoms with Gasteiger partial charge in [-0.15, -0.1) is 0 Å². The molecule has 0 amide bonds. The third-order valence-electron chi connectivity index (χ3n) is 2.34. The number of benzene rings is 1. The van der Waals surface area contributed by atoms with Crippen LogP contribution in [0.15, 0.2) is 29.1 Å². The Bertz CT molecular complexity index is 706. The number of H-pyrrole nitrogens is 1. The summed E-state index contributed by atoms with van der Waals surface area (Å²) >= 11 is 0. The van der Waals surface area contributed by atoms with E-state index in [9.17, 15) is 13.6 Å². The number of nitrogens with one attached hydrogen (secondary N) is 2. The molecule has 19 heavy (non-hydrogen) atoms. The number of rotatable bonds is 3. The zero-order chi connectivity index (χ0) is 13.8. The molecule has 0 aliphatic heterocycles. The first-order valence-corrected chi connectivity index (χ1v) is 5.28. The highest BCUT2D eigenvalue weighted by molar-refractivity contribution is 5.39. The summed E-state index contributed by atoms with van der Waals surface area (Å²) in [6.45, 7) is 0.0213. The lowest BCUT2D eigenvalue weighted by atomic mass is 10.2. The molecule has 0 bridgehead atoms. The zero-order valence-electron chi connectivity index (χ0n) is 9.58. The van der Waals surface area contributed by atoms with Crippen LogP contribution in [-0.4, -0.2) is 9.97 Å². The maximum Gasteiger partial charge on any atom is 0.347 e. The Morgan fingerprint density at radius 2 is 2.16 bits per heavy atom. The van der Waals surface area contributed by atoms with E-state index in [0.717, 1.165) is 12.1 Å². The second-order valence-corrected chi connectivity index (χ2v) is 3.69. The summed E-state index contributed by atoms with van der Waals surface area (Å²) in [5, 5.41) is 11.4. The van der Waals surface area contributed by atoms with E-state index >= 15 is 0 Å². The van der Waals surface area contributed by atoms with Crippen LogP contribution in [0.1, 0.15) is 11.3 Å². The van der Waals surface area contributed by atoms with Crippen LogP contribution in [0.3, 0.4) is 0 Å². The first-order chi connectivity index (χ1) is 9.08. The van der Waals surface area contributed by atoms with Crippen molar-refractivity contribution in [3.8, 4) is 6.07 Å². The van der Waals surface area contributed by atoms with Gasteiger partial charge >= 0.3 is 5.69 Å². The molecule has 5 nitrogen and oxygen atoms in total. The van der Waals surface area contributed by atoms with Gasteiger partial charge in [0.25, 0.3) is 0 Å². The van der Waals surface area contributed by atoms with Crippen molar-refractivity contribution in [3.05, 3.63) is 57.6 Å². The van der Waals surface area contributed by atoms with E-state index in [-0.39, 0.29) is 23.6 Å².